The number of hydrogen-bond acceptors (Lipinski definition) is 5. The zero-order valence-electron chi connectivity index (χ0n) is 16.9. The van der Waals surface area contributed by atoms with E-state index < -0.39 is 36.0 Å². The van der Waals surface area contributed by atoms with Gasteiger partial charge in [-0.25, -0.2) is 4.79 Å². The Morgan fingerprint density at radius 1 is 1.06 bits per heavy atom. The molecule has 0 unspecified atom stereocenters. The van der Waals surface area contributed by atoms with Gasteiger partial charge in [0.25, 0.3) is 0 Å². The second-order valence-corrected chi connectivity index (χ2v) is 7.96. The second-order valence-electron chi connectivity index (χ2n) is 7.48. The third kappa shape index (κ3) is 6.57. The number of halogens is 1. The molecule has 164 valence electrons. The molecule has 0 aliphatic heterocycles. The molecular formula is C24H25ClO6. The van der Waals surface area contributed by atoms with Crippen molar-refractivity contribution in [3.8, 4) is 5.75 Å². The zero-order valence-corrected chi connectivity index (χ0v) is 17.6. The lowest BCUT2D eigenvalue weighted by Gasteiger charge is -2.22. The first-order chi connectivity index (χ1) is 14.9. The molecule has 2 aromatic carbocycles. The van der Waals surface area contributed by atoms with Gasteiger partial charge in [-0.2, -0.15) is 0 Å². The van der Waals surface area contributed by atoms with Crippen molar-refractivity contribution < 1.29 is 29.3 Å². The monoisotopic (exact) mass is 444 g/mol. The molecule has 0 bridgehead atoms. The fraction of sp³-hybridized carbons (Fsp3) is 0.333. The Balaban J connectivity index is 1.69. The van der Waals surface area contributed by atoms with Gasteiger partial charge >= 0.3 is 11.9 Å². The van der Waals surface area contributed by atoms with E-state index in [-0.39, 0.29) is 12.8 Å². The molecule has 7 heteroatoms. The van der Waals surface area contributed by atoms with Gasteiger partial charge in [0.15, 0.2) is 0 Å². The summed E-state index contributed by atoms with van der Waals surface area (Å²) in [6, 6.07) is 17.8. The lowest BCUT2D eigenvalue weighted by molar-refractivity contribution is -0.139. The van der Waals surface area contributed by atoms with Crippen molar-refractivity contribution in [1.82, 2.24) is 0 Å². The van der Waals surface area contributed by atoms with E-state index in [0.717, 1.165) is 5.75 Å². The SMILES string of the molecule is O=C(O)C[C@@H]1[C@@H](C=C(Cl)CCOc2ccccc2)[C@H](OC(=O)c2ccccc2)C[C@@H]1O. The van der Waals surface area contributed by atoms with Crippen LogP contribution in [0.25, 0.3) is 0 Å². The summed E-state index contributed by atoms with van der Waals surface area (Å²) in [7, 11) is 0. The molecule has 1 saturated carbocycles. The van der Waals surface area contributed by atoms with Crippen LogP contribution >= 0.6 is 11.6 Å². The molecule has 4 atom stereocenters. The number of aliphatic hydroxyl groups excluding tert-OH is 1. The van der Waals surface area contributed by atoms with Crippen LogP contribution in [0.2, 0.25) is 0 Å². The Bertz CT molecular complexity index is 899. The third-order valence-corrected chi connectivity index (χ3v) is 5.61. The molecule has 2 aromatic rings. The number of ether oxygens (including phenoxy) is 2. The highest BCUT2D eigenvalue weighted by molar-refractivity contribution is 6.29. The number of carboxylic acid groups (broad SMARTS) is 1. The molecular weight excluding hydrogens is 420 g/mol. The third-order valence-electron chi connectivity index (χ3n) is 5.30. The number of esters is 1. The summed E-state index contributed by atoms with van der Waals surface area (Å²) in [5.74, 6) is -1.93. The first-order valence-electron chi connectivity index (χ1n) is 10.1. The summed E-state index contributed by atoms with van der Waals surface area (Å²) < 4.78 is 11.3. The molecule has 3 rings (SSSR count). The maximum Gasteiger partial charge on any atom is 0.338 e. The van der Waals surface area contributed by atoms with Crippen molar-refractivity contribution in [2.45, 2.75) is 31.5 Å². The number of carbonyl (C=O) groups excluding carboxylic acids is 1. The highest BCUT2D eigenvalue weighted by Gasteiger charge is 2.44. The average Bonchev–Trinajstić information content (AvgIpc) is 3.03. The van der Waals surface area contributed by atoms with Crippen LogP contribution in [0.1, 0.15) is 29.6 Å². The van der Waals surface area contributed by atoms with Crippen LogP contribution in [0.15, 0.2) is 71.8 Å². The van der Waals surface area contributed by atoms with Crippen LogP contribution in [-0.4, -0.2) is 41.0 Å². The van der Waals surface area contributed by atoms with E-state index in [4.69, 9.17) is 21.1 Å². The van der Waals surface area contributed by atoms with Crippen molar-refractivity contribution in [1.29, 1.82) is 0 Å². The highest BCUT2D eigenvalue weighted by atomic mass is 35.5. The molecule has 0 spiro atoms. The number of hydrogen-bond donors (Lipinski definition) is 2. The van der Waals surface area contributed by atoms with Gasteiger partial charge in [-0.1, -0.05) is 54.1 Å². The maximum absolute atomic E-state index is 12.5. The summed E-state index contributed by atoms with van der Waals surface area (Å²) in [5, 5.41) is 20.2. The number of aliphatic carboxylic acids is 1. The molecule has 1 aliphatic carbocycles. The van der Waals surface area contributed by atoms with Crippen LogP contribution in [0.4, 0.5) is 0 Å². The van der Waals surface area contributed by atoms with E-state index in [0.29, 0.717) is 23.6 Å². The quantitative estimate of drug-likeness (QED) is 0.561. The van der Waals surface area contributed by atoms with Gasteiger partial charge in [-0.3, -0.25) is 4.79 Å². The molecule has 0 saturated heterocycles. The molecule has 0 radical (unpaired) electrons. The van der Waals surface area contributed by atoms with Crippen molar-refractivity contribution in [2.75, 3.05) is 6.61 Å². The summed E-state index contributed by atoms with van der Waals surface area (Å²) >= 11 is 6.41. The van der Waals surface area contributed by atoms with Crippen molar-refractivity contribution in [3.63, 3.8) is 0 Å². The molecule has 31 heavy (non-hydrogen) atoms. The van der Waals surface area contributed by atoms with Crippen LogP contribution < -0.4 is 4.74 Å². The van der Waals surface area contributed by atoms with Gasteiger partial charge < -0.3 is 19.7 Å². The topological polar surface area (TPSA) is 93.1 Å². The summed E-state index contributed by atoms with van der Waals surface area (Å²) in [6.45, 7) is 0.340. The number of carboxylic acids is 1. The van der Waals surface area contributed by atoms with E-state index in [2.05, 4.69) is 0 Å². The van der Waals surface area contributed by atoms with Crippen molar-refractivity contribution in [2.24, 2.45) is 11.8 Å². The molecule has 6 nitrogen and oxygen atoms in total. The number of benzene rings is 2. The Kier molecular flexibility index (Phi) is 8.09. The van der Waals surface area contributed by atoms with E-state index in [1.165, 1.54) is 0 Å². The number of para-hydroxylation sites is 1. The Hall–Kier alpha value is -2.83. The molecule has 0 heterocycles. The lowest BCUT2D eigenvalue weighted by Crippen LogP contribution is -2.26. The summed E-state index contributed by atoms with van der Waals surface area (Å²) in [4.78, 5) is 23.8. The number of carbonyl (C=O) groups is 2. The first kappa shape index (κ1) is 22.8. The van der Waals surface area contributed by atoms with Gasteiger partial charge in [0.05, 0.1) is 24.7 Å². The van der Waals surface area contributed by atoms with Gasteiger partial charge in [-0.15, -0.1) is 0 Å². The van der Waals surface area contributed by atoms with E-state index in [1.54, 1.807) is 36.4 Å². The highest BCUT2D eigenvalue weighted by Crippen LogP contribution is 2.39. The van der Waals surface area contributed by atoms with Crippen LogP contribution in [0.3, 0.4) is 0 Å². The number of rotatable bonds is 9. The van der Waals surface area contributed by atoms with Crippen molar-refractivity contribution >= 4 is 23.5 Å². The van der Waals surface area contributed by atoms with Crippen LogP contribution in [0.5, 0.6) is 5.75 Å². The predicted molar refractivity (Wildman–Crippen MR) is 116 cm³/mol. The lowest BCUT2D eigenvalue weighted by atomic mass is 9.90. The van der Waals surface area contributed by atoms with E-state index in [1.807, 2.05) is 30.3 Å². The Morgan fingerprint density at radius 3 is 2.35 bits per heavy atom. The molecule has 1 aliphatic rings. The maximum atomic E-state index is 12.5. The summed E-state index contributed by atoms with van der Waals surface area (Å²) in [5.41, 5.74) is 0.392. The average molecular weight is 445 g/mol. The summed E-state index contributed by atoms with van der Waals surface area (Å²) in [6.07, 6.45) is 0.437. The normalized spacial score (nSPS) is 23.4. The Morgan fingerprint density at radius 2 is 1.71 bits per heavy atom. The molecule has 1 fully saturated rings. The minimum atomic E-state index is -1.03. The van der Waals surface area contributed by atoms with Gasteiger partial charge in [0.2, 0.25) is 0 Å². The predicted octanol–water partition coefficient (Wildman–Crippen LogP) is 4.28. The smallest absolute Gasteiger partial charge is 0.338 e. The number of aliphatic hydroxyl groups is 1. The van der Waals surface area contributed by atoms with Crippen molar-refractivity contribution in [3.05, 3.63) is 77.3 Å². The Labute approximate surface area is 186 Å². The van der Waals surface area contributed by atoms with Gasteiger partial charge in [-0.05, 0) is 24.3 Å². The van der Waals surface area contributed by atoms with Crippen LogP contribution in [0, 0.1) is 11.8 Å². The molecule has 0 amide bonds. The van der Waals surface area contributed by atoms with Gasteiger partial charge in [0.1, 0.15) is 11.9 Å². The fourth-order valence-corrected chi connectivity index (χ4v) is 4.01. The largest absolute Gasteiger partial charge is 0.493 e. The second kappa shape index (κ2) is 11.0. The van der Waals surface area contributed by atoms with Crippen LogP contribution in [-0.2, 0) is 9.53 Å². The molecule has 0 aromatic heterocycles. The van der Waals surface area contributed by atoms with E-state index in [9.17, 15) is 19.8 Å². The standard InChI is InChI=1S/C24H25ClO6/c25-17(11-12-30-18-9-5-2-6-10-18)13-20-19(14-23(27)28)21(26)15-22(20)31-24(29)16-7-3-1-4-8-16/h1-10,13,19-22,26H,11-12,14-15H2,(H,27,28)/t19-,20-,21+,22-/m1/s1. The first-order valence-corrected chi connectivity index (χ1v) is 10.5. The minimum absolute atomic E-state index is 0.155. The van der Waals surface area contributed by atoms with Gasteiger partial charge in [0, 0.05) is 29.7 Å². The zero-order chi connectivity index (χ0) is 22.2. The van der Waals surface area contributed by atoms with E-state index >= 15 is 0 Å². The fourth-order valence-electron chi connectivity index (χ4n) is 3.79. The minimum Gasteiger partial charge on any atom is -0.493 e. The molecule has 2 N–H and O–H groups in total.